The Balaban J connectivity index is 1.98. The molecule has 0 radical (unpaired) electrons. The molecule has 0 spiro atoms. The molecule has 1 amide bonds. The Bertz CT molecular complexity index is 670. The first-order valence-corrected chi connectivity index (χ1v) is 10.1. The molecular formula is C22H29NO2S. The van der Waals surface area contributed by atoms with Gasteiger partial charge in [-0.15, -0.1) is 11.8 Å². The molecule has 0 bridgehead atoms. The SMILES string of the molecule is COc1ccc(C(CC(C)C)NC(=O)C(C)SCc2ccccc2)cc1. The van der Waals surface area contributed by atoms with Crippen LogP contribution in [0.1, 0.15) is 44.4 Å². The predicted molar refractivity (Wildman–Crippen MR) is 111 cm³/mol. The summed E-state index contributed by atoms with van der Waals surface area (Å²) in [5.41, 5.74) is 2.36. The predicted octanol–water partition coefficient (Wildman–Crippen LogP) is 5.22. The van der Waals surface area contributed by atoms with E-state index in [1.165, 1.54) is 5.56 Å². The van der Waals surface area contributed by atoms with Gasteiger partial charge in [-0.05, 0) is 42.5 Å². The van der Waals surface area contributed by atoms with Crippen molar-refractivity contribution in [3.05, 3.63) is 65.7 Å². The zero-order valence-corrected chi connectivity index (χ0v) is 16.9. The van der Waals surface area contributed by atoms with Crippen LogP contribution in [0.15, 0.2) is 54.6 Å². The highest BCUT2D eigenvalue weighted by Gasteiger charge is 2.20. The van der Waals surface area contributed by atoms with Gasteiger partial charge in [-0.25, -0.2) is 0 Å². The highest BCUT2D eigenvalue weighted by molar-refractivity contribution is 7.99. The van der Waals surface area contributed by atoms with Gasteiger partial charge in [-0.2, -0.15) is 0 Å². The molecule has 140 valence electrons. The van der Waals surface area contributed by atoms with Crippen LogP contribution in [0.4, 0.5) is 0 Å². The van der Waals surface area contributed by atoms with Crippen molar-refractivity contribution in [2.24, 2.45) is 5.92 Å². The van der Waals surface area contributed by atoms with E-state index in [1.807, 2.05) is 49.4 Å². The fraction of sp³-hybridized carbons (Fsp3) is 0.409. The average Bonchev–Trinajstić information content (AvgIpc) is 2.66. The van der Waals surface area contributed by atoms with Crippen molar-refractivity contribution in [3.63, 3.8) is 0 Å². The first kappa shape index (κ1) is 20.4. The van der Waals surface area contributed by atoms with Gasteiger partial charge in [0.05, 0.1) is 18.4 Å². The molecule has 0 saturated heterocycles. The average molecular weight is 372 g/mol. The molecule has 2 rings (SSSR count). The lowest BCUT2D eigenvalue weighted by molar-refractivity contribution is -0.121. The lowest BCUT2D eigenvalue weighted by atomic mass is 9.96. The number of carbonyl (C=O) groups excluding carboxylic acids is 1. The first-order valence-electron chi connectivity index (χ1n) is 9.09. The molecular weight excluding hydrogens is 342 g/mol. The molecule has 2 aromatic carbocycles. The lowest BCUT2D eigenvalue weighted by Gasteiger charge is -2.23. The van der Waals surface area contributed by atoms with Crippen LogP contribution in [0, 0.1) is 5.92 Å². The Kier molecular flexibility index (Phi) is 8.05. The third-order valence-electron chi connectivity index (χ3n) is 4.25. The minimum atomic E-state index is -0.0943. The third-order valence-corrected chi connectivity index (χ3v) is 5.47. The van der Waals surface area contributed by atoms with E-state index in [0.29, 0.717) is 5.92 Å². The van der Waals surface area contributed by atoms with Gasteiger partial charge in [0.1, 0.15) is 5.75 Å². The normalized spacial score (nSPS) is 13.3. The van der Waals surface area contributed by atoms with Crippen molar-refractivity contribution >= 4 is 17.7 Å². The van der Waals surface area contributed by atoms with Crippen molar-refractivity contribution < 1.29 is 9.53 Å². The Morgan fingerprint density at radius 1 is 1.04 bits per heavy atom. The van der Waals surface area contributed by atoms with Crippen LogP contribution < -0.4 is 10.1 Å². The summed E-state index contributed by atoms with van der Waals surface area (Å²) in [6.07, 6.45) is 0.911. The van der Waals surface area contributed by atoms with Gasteiger partial charge in [0.15, 0.2) is 0 Å². The fourth-order valence-corrected chi connectivity index (χ4v) is 3.60. The van der Waals surface area contributed by atoms with E-state index < -0.39 is 0 Å². The van der Waals surface area contributed by atoms with E-state index in [-0.39, 0.29) is 17.2 Å². The lowest BCUT2D eigenvalue weighted by Crippen LogP contribution is -2.35. The maximum atomic E-state index is 12.7. The van der Waals surface area contributed by atoms with Gasteiger partial charge in [0.25, 0.3) is 0 Å². The van der Waals surface area contributed by atoms with Crippen molar-refractivity contribution in [3.8, 4) is 5.75 Å². The molecule has 4 heteroatoms. The number of nitrogens with one attached hydrogen (secondary N) is 1. The van der Waals surface area contributed by atoms with Crippen molar-refractivity contribution in [2.45, 2.75) is 44.2 Å². The highest BCUT2D eigenvalue weighted by atomic mass is 32.2. The van der Waals surface area contributed by atoms with Gasteiger partial charge in [-0.1, -0.05) is 56.3 Å². The summed E-state index contributed by atoms with van der Waals surface area (Å²) in [7, 11) is 1.66. The van der Waals surface area contributed by atoms with Gasteiger partial charge in [-0.3, -0.25) is 4.79 Å². The van der Waals surface area contributed by atoms with Crippen LogP contribution in [0.3, 0.4) is 0 Å². The van der Waals surface area contributed by atoms with E-state index in [9.17, 15) is 4.79 Å². The van der Waals surface area contributed by atoms with E-state index >= 15 is 0 Å². The molecule has 0 fully saturated rings. The standard InChI is InChI=1S/C22H29NO2S/c1-16(2)14-21(19-10-12-20(25-4)13-11-19)23-22(24)17(3)26-15-18-8-6-5-7-9-18/h5-13,16-17,21H,14-15H2,1-4H3,(H,23,24). The number of thioether (sulfide) groups is 1. The van der Waals surface area contributed by atoms with Gasteiger partial charge >= 0.3 is 0 Å². The van der Waals surface area contributed by atoms with Crippen LogP contribution in [-0.4, -0.2) is 18.3 Å². The van der Waals surface area contributed by atoms with Crippen LogP contribution >= 0.6 is 11.8 Å². The number of amides is 1. The van der Waals surface area contributed by atoms with E-state index in [1.54, 1.807) is 18.9 Å². The Labute approximate surface area is 161 Å². The number of carbonyl (C=O) groups is 1. The number of benzene rings is 2. The van der Waals surface area contributed by atoms with Gasteiger partial charge < -0.3 is 10.1 Å². The van der Waals surface area contributed by atoms with Crippen molar-refractivity contribution in [1.82, 2.24) is 5.32 Å². The van der Waals surface area contributed by atoms with Crippen molar-refractivity contribution in [1.29, 1.82) is 0 Å². The molecule has 2 atom stereocenters. The fourth-order valence-electron chi connectivity index (χ4n) is 2.75. The van der Waals surface area contributed by atoms with E-state index in [4.69, 9.17) is 4.74 Å². The molecule has 2 unspecified atom stereocenters. The van der Waals surface area contributed by atoms with Crippen LogP contribution in [0.25, 0.3) is 0 Å². The van der Waals surface area contributed by atoms with Gasteiger partial charge in [0.2, 0.25) is 5.91 Å². The molecule has 0 saturated carbocycles. The van der Waals surface area contributed by atoms with Crippen LogP contribution in [0.2, 0.25) is 0 Å². The maximum absolute atomic E-state index is 12.7. The molecule has 0 aromatic heterocycles. The second kappa shape index (κ2) is 10.3. The van der Waals surface area contributed by atoms with Crippen LogP contribution in [0.5, 0.6) is 5.75 Å². The quantitative estimate of drug-likeness (QED) is 0.657. The number of hydrogen-bond donors (Lipinski definition) is 1. The number of rotatable bonds is 9. The second-order valence-corrected chi connectivity index (χ2v) is 8.23. The molecule has 0 aliphatic heterocycles. The Morgan fingerprint density at radius 2 is 1.69 bits per heavy atom. The molecule has 0 aliphatic rings. The molecule has 2 aromatic rings. The second-order valence-electron chi connectivity index (χ2n) is 6.90. The zero-order valence-electron chi connectivity index (χ0n) is 16.1. The Hall–Kier alpha value is -1.94. The minimum absolute atomic E-state index is 0.0215. The number of ether oxygens (including phenoxy) is 1. The zero-order chi connectivity index (χ0) is 18.9. The molecule has 1 N–H and O–H groups in total. The summed E-state index contributed by atoms with van der Waals surface area (Å²) < 4.78 is 5.23. The molecule has 0 aliphatic carbocycles. The molecule has 3 nitrogen and oxygen atoms in total. The monoisotopic (exact) mass is 371 g/mol. The third kappa shape index (κ3) is 6.41. The smallest absolute Gasteiger partial charge is 0.233 e. The first-order chi connectivity index (χ1) is 12.5. The van der Waals surface area contributed by atoms with Crippen molar-refractivity contribution in [2.75, 3.05) is 7.11 Å². The summed E-state index contributed by atoms with van der Waals surface area (Å²) in [6.45, 7) is 6.33. The van der Waals surface area contributed by atoms with Crippen LogP contribution in [-0.2, 0) is 10.5 Å². The summed E-state index contributed by atoms with van der Waals surface area (Å²) in [6, 6.07) is 18.2. The van der Waals surface area contributed by atoms with Gasteiger partial charge in [0, 0.05) is 5.75 Å². The molecule has 26 heavy (non-hydrogen) atoms. The summed E-state index contributed by atoms with van der Waals surface area (Å²) in [4.78, 5) is 12.7. The summed E-state index contributed by atoms with van der Waals surface area (Å²) in [5, 5.41) is 3.14. The number of hydrogen-bond acceptors (Lipinski definition) is 3. The molecule has 0 heterocycles. The van der Waals surface area contributed by atoms with E-state index in [2.05, 4.69) is 31.3 Å². The highest BCUT2D eigenvalue weighted by Crippen LogP contribution is 2.25. The topological polar surface area (TPSA) is 38.3 Å². The minimum Gasteiger partial charge on any atom is -0.497 e. The Morgan fingerprint density at radius 3 is 2.27 bits per heavy atom. The maximum Gasteiger partial charge on any atom is 0.233 e. The largest absolute Gasteiger partial charge is 0.497 e. The van der Waals surface area contributed by atoms with E-state index in [0.717, 1.165) is 23.5 Å². The summed E-state index contributed by atoms with van der Waals surface area (Å²) >= 11 is 1.67. The summed E-state index contributed by atoms with van der Waals surface area (Å²) in [5.74, 6) is 2.25. The number of methoxy groups -OCH3 is 1.